The van der Waals surface area contributed by atoms with Crippen LogP contribution in [0.15, 0.2) is 186 Å². The molecule has 0 aliphatic rings. The van der Waals surface area contributed by atoms with Crippen molar-refractivity contribution < 1.29 is 19.5 Å². The van der Waals surface area contributed by atoms with E-state index in [1.165, 1.54) is 0 Å². The third-order valence-electron chi connectivity index (χ3n) is 9.24. The van der Waals surface area contributed by atoms with Crippen LogP contribution in [-0.2, 0) is 0 Å². The molecule has 0 saturated heterocycles. The van der Waals surface area contributed by atoms with E-state index in [-0.39, 0.29) is 33.5 Å². The number of hydrogen-bond acceptors (Lipinski definition) is 1. The van der Waals surface area contributed by atoms with E-state index in [1.54, 1.807) is 0 Å². The molecule has 0 spiro atoms. The van der Waals surface area contributed by atoms with Crippen molar-refractivity contribution in [1.82, 2.24) is 0 Å². The van der Waals surface area contributed by atoms with E-state index >= 15 is 0 Å². The average molecular weight is 634 g/mol. The second-order valence-corrected chi connectivity index (χ2v) is 11.9. The van der Waals surface area contributed by atoms with Crippen LogP contribution in [-0.4, -0.2) is 0 Å². The molecule has 1 heteroatoms. The quantitative estimate of drug-likeness (QED) is 0.176. The van der Waals surface area contributed by atoms with Crippen molar-refractivity contribution in [2.75, 3.05) is 0 Å². The number of rotatable bonds is 4. The van der Waals surface area contributed by atoms with E-state index in [1.807, 2.05) is 91.0 Å². The van der Waals surface area contributed by atoms with Crippen molar-refractivity contribution in [1.29, 1.82) is 0 Å². The molecule has 0 aliphatic heterocycles. The number of furan rings is 1. The smallest absolute Gasteiger partial charge is 0.136 e. The summed E-state index contributed by atoms with van der Waals surface area (Å²) in [6.45, 7) is 0. The highest BCUT2D eigenvalue weighted by molar-refractivity contribution is 6.26. The lowest BCUT2D eigenvalue weighted by atomic mass is 9.83. The van der Waals surface area contributed by atoms with Gasteiger partial charge in [0.1, 0.15) is 11.2 Å². The molecule has 49 heavy (non-hydrogen) atoms. The van der Waals surface area contributed by atoms with Crippen LogP contribution in [0.2, 0.25) is 0 Å². The summed E-state index contributed by atoms with van der Waals surface area (Å²) in [6, 6.07) is 31.1. The van der Waals surface area contributed by atoms with Gasteiger partial charge in [0.05, 0.1) is 15.1 Å². The van der Waals surface area contributed by atoms with Gasteiger partial charge in [-0.25, -0.2) is 0 Å². The number of hydrogen-bond donors (Lipinski definition) is 0. The van der Waals surface area contributed by atoms with E-state index in [2.05, 4.69) is 24.3 Å². The fourth-order valence-corrected chi connectivity index (χ4v) is 7.16. The molecule has 0 unspecified atom stereocenters. The van der Waals surface area contributed by atoms with Crippen molar-refractivity contribution in [2.45, 2.75) is 0 Å². The molecule has 9 aromatic carbocycles. The standard InChI is InChI=1S/C48H30O/c1-3-14-31(15-4-1)33-26-27-41-45(30-33)49-44-25-13-24-42(48(41)44)47-39-22-11-9-20-37(39)46(38-21-10-12-23-40(38)47)35-28-34-18-7-8-19-36(34)43(29-35)32-16-5-2-6-17-32/h1-30H/i2D,5D,6D,7D,8D,16D,17D,18D,19D,28D,29D. The molecule has 1 aromatic heterocycles. The van der Waals surface area contributed by atoms with Crippen LogP contribution in [0.4, 0.5) is 0 Å². The molecule has 0 N–H and O–H groups in total. The van der Waals surface area contributed by atoms with Crippen LogP contribution >= 0.6 is 0 Å². The summed E-state index contributed by atoms with van der Waals surface area (Å²) >= 11 is 0. The second kappa shape index (κ2) is 11.1. The molecule has 0 fully saturated rings. The lowest BCUT2D eigenvalue weighted by Crippen LogP contribution is -1.92. The molecule has 0 radical (unpaired) electrons. The molecular weight excluding hydrogens is 593 g/mol. The van der Waals surface area contributed by atoms with Crippen molar-refractivity contribution >= 4 is 54.3 Å². The minimum Gasteiger partial charge on any atom is -0.456 e. The zero-order valence-corrected chi connectivity index (χ0v) is 25.9. The minimum atomic E-state index is -0.659. The van der Waals surface area contributed by atoms with Gasteiger partial charge in [0.25, 0.3) is 0 Å². The van der Waals surface area contributed by atoms with E-state index < -0.39 is 60.4 Å². The van der Waals surface area contributed by atoms with Crippen LogP contribution < -0.4 is 0 Å². The van der Waals surface area contributed by atoms with Gasteiger partial charge in [-0.1, -0.05) is 151 Å². The van der Waals surface area contributed by atoms with Gasteiger partial charge in [0.15, 0.2) is 0 Å². The fraction of sp³-hybridized carbons (Fsp3) is 0. The molecule has 1 heterocycles. The first kappa shape index (κ1) is 18.8. The van der Waals surface area contributed by atoms with Crippen molar-refractivity contribution in [3.8, 4) is 44.5 Å². The van der Waals surface area contributed by atoms with Crippen LogP contribution in [0.5, 0.6) is 0 Å². The third-order valence-corrected chi connectivity index (χ3v) is 9.24. The summed E-state index contributed by atoms with van der Waals surface area (Å²) in [6.07, 6.45) is 0. The monoisotopic (exact) mass is 633 g/mol. The largest absolute Gasteiger partial charge is 0.456 e. The maximum atomic E-state index is 9.93. The first-order valence-electron chi connectivity index (χ1n) is 21.5. The predicted octanol–water partition coefficient (Wildman–Crippen LogP) is 13.7. The van der Waals surface area contributed by atoms with Crippen LogP contribution in [0, 0.1) is 0 Å². The van der Waals surface area contributed by atoms with E-state index in [0.29, 0.717) is 21.9 Å². The van der Waals surface area contributed by atoms with Gasteiger partial charge >= 0.3 is 0 Å². The molecule has 0 amide bonds. The van der Waals surface area contributed by atoms with Crippen LogP contribution in [0.1, 0.15) is 15.1 Å². The van der Waals surface area contributed by atoms with Crippen molar-refractivity contribution in [2.24, 2.45) is 0 Å². The van der Waals surface area contributed by atoms with Crippen LogP contribution in [0.25, 0.3) is 98.8 Å². The zero-order chi connectivity index (χ0) is 41.9. The van der Waals surface area contributed by atoms with Gasteiger partial charge in [-0.15, -0.1) is 0 Å². The molecule has 0 aliphatic carbocycles. The normalized spacial score (nSPS) is 14.8. The zero-order valence-electron chi connectivity index (χ0n) is 36.9. The minimum absolute atomic E-state index is 0.00583. The summed E-state index contributed by atoms with van der Waals surface area (Å²) in [5.41, 5.74) is 5.02. The fourth-order valence-electron chi connectivity index (χ4n) is 7.16. The van der Waals surface area contributed by atoms with Gasteiger partial charge in [0, 0.05) is 10.8 Å². The van der Waals surface area contributed by atoms with E-state index in [4.69, 9.17) is 16.8 Å². The Morgan fingerprint density at radius 3 is 1.82 bits per heavy atom. The van der Waals surface area contributed by atoms with Gasteiger partial charge in [-0.3, -0.25) is 0 Å². The lowest BCUT2D eigenvalue weighted by molar-refractivity contribution is 0.669. The Morgan fingerprint density at radius 1 is 0.388 bits per heavy atom. The summed E-state index contributed by atoms with van der Waals surface area (Å²) in [7, 11) is 0. The molecular formula is C48H30O. The van der Waals surface area contributed by atoms with Gasteiger partial charge in [-0.05, 0) is 107 Å². The Hall–Kier alpha value is -6.44. The van der Waals surface area contributed by atoms with Gasteiger partial charge in [-0.2, -0.15) is 0 Å². The van der Waals surface area contributed by atoms with E-state index in [0.717, 1.165) is 49.4 Å². The van der Waals surface area contributed by atoms with Crippen molar-refractivity contribution in [3.05, 3.63) is 182 Å². The molecule has 10 aromatic rings. The molecule has 0 atom stereocenters. The third kappa shape index (κ3) is 4.40. The number of fused-ring (bicyclic) bond motifs is 6. The molecule has 0 bridgehead atoms. The predicted molar refractivity (Wildman–Crippen MR) is 208 cm³/mol. The van der Waals surface area contributed by atoms with Gasteiger partial charge in [0.2, 0.25) is 0 Å². The lowest BCUT2D eigenvalue weighted by Gasteiger charge is -2.19. The average Bonchev–Trinajstić information content (AvgIpc) is 3.65. The first-order chi connectivity index (χ1) is 28.9. The highest BCUT2D eigenvalue weighted by Gasteiger charge is 2.21. The molecule has 228 valence electrons. The van der Waals surface area contributed by atoms with Gasteiger partial charge < -0.3 is 4.42 Å². The molecule has 1 nitrogen and oxygen atoms in total. The highest BCUT2D eigenvalue weighted by Crippen LogP contribution is 2.48. The summed E-state index contributed by atoms with van der Waals surface area (Å²) in [5.74, 6) is 0. The first-order valence-corrected chi connectivity index (χ1v) is 16.0. The summed E-state index contributed by atoms with van der Waals surface area (Å²) in [5, 5.41) is 4.15. The Bertz CT molecular complexity index is 3420. The topological polar surface area (TPSA) is 13.1 Å². The Kier molecular flexibility index (Phi) is 4.25. The van der Waals surface area contributed by atoms with Crippen LogP contribution in [0.3, 0.4) is 0 Å². The Labute approximate surface area is 299 Å². The molecule has 0 saturated carbocycles. The highest BCUT2D eigenvalue weighted by atomic mass is 16.3. The Morgan fingerprint density at radius 2 is 1.06 bits per heavy atom. The van der Waals surface area contributed by atoms with Crippen molar-refractivity contribution in [3.63, 3.8) is 0 Å². The van der Waals surface area contributed by atoms with E-state index in [9.17, 15) is 2.74 Å². The second-order valence-electron chi connectivity index (χ2n) is 11.9. The molecule has 10 rings (SSSR count). The number of benzene rings is 9. The maximum Gasteiger partial charge on any atom is 0.136 e. The summed E-state index contributed by atoms with van der Waals surface area (Å²) < 4.78 is 105. The summed E-state index contributed by atoms with van der Waals surface area (Å²) in [4.78, 5) is 0. The SMILES string of the molecule is [2H]c1c([2H])c([2H])c(-c2c([2H])c(-c3c4ccccc4c(-c4cccc5oc6cc(-c7ccccc7)ccc6c45)c4ccccc34)c([2H])c3c([2H])c([2H])c([2H])c([2H])c23)c([2H])c1[2H]. The maximum absolute atomic E-state index is 9.93. The Balaban J connectivity index is 1.36.